The molecule has 0 spiro atoms. The zero-order valence-electron chi connectivity index (χ0n) is 10.7. The summed E-state index contributed by atoms with van der Waals surface area (Å²) in [5, 5.41) is 15.8. The first-order valence-electron chi connectivity index (χ1n) is 6.07. The maximum absolute atomic E-state index is 11.9. The fraction of sp³-hybridized carbons (Fsp3) is 0.667. The highest BCUT2D eigenvalue weighted by Crippen LogP contribution is 2.14. The molecule has 1 heterocycles. The molecule has 0 aliphatic carbocycles. The van der Waals surface area contributed by atoms with Gasteiger partial charge in [-0.2, -0.15) is 5.10 Å². The van der Waals surface area contributed by atoms with E-state index in [1.807, 2.05) is 13.0 Å². The number of nitrogens with one attached hydrogen (secondary N) is 1. The summed E-state index contributed by atoms with van der Waals surface area (Å²) in [7, 11) is 0. The van der Waals surface area contributed by atoms with Gasteiger partial charge in [0.05, 0.1) is 5.69 Å². The quantitative estimate of drug-likeness (QED) is 0.731. The second-order valence-electron chi connectivity index (χ2n) is 4.26. The second kappa shape index (κ2) is 6.39. The van der Waals surface area contributed by atoms with E-state index in [1.54, 1.807) is 4.68 Å². The Morgan fingerprint density at radius 3 is 2.82 bits per heavy atom. The van der Waals surface area contributed by atoms with Crippen LogP contribution in [0.5, 0.6) is 0 Å². The van der Waals surface area contributed by atoms with Gasteiger partial charge in [-0.25, -0.2) is 0 Å². The van der Waals surface area contributed by atoms with Crippen molar-refractivity contribution in [1.82, 2.24) is 15.1 Å². The summed E-state index contributed by atoms with van der Waals surface area (Å²) in [6, 6.07) is 1.84. The van der Waals surface area contributed by atoms with Crippen LogP contribution >= 0.6 is 0 Å². The molecule has 0 saturated heterocycles. The average Bonchev–Trinajstić information content (AvgIpc) is 2.73. The number of rotatable bonds is 6. The zero-order valence-corrected chi connectivity index (χ0v) is 10.7. The Morgan fingerprint density at radius 2 is 2.29 bits per heavy atom. The van der Waals surface area contributed by atoms with Crippen LogP contribution in [0.15, 0.2) is 6.07 Å². The minimum atomic E-state index is -0.125. The van der Waals surface area contributed by atoms with Crippen molar-refractivity contribution >= 4 is 5.91 Å². The van der Waals surface area contributed by atoms with E-state index in [2.05, 4.69) is 24.3 Å². The van der Waals surface area contributed by atoms with E-state index in [0.29, 0.717) is 31.1 Å². The van der Waals surface area contributed by atoms with Crippen LogP contribution in [0.2, 0.25) is 0 Å². The number of hydrogen-bond acceptors (Lipinski definition) is 3. The lowest BCUT2D eigenvalue weighted by Gasteiger charge is -2.05. The molecule has 0 aromatic carbocycles. The van der Waals surface area contributed by atoms with Gasteiger partial charge in [0.2, 0.25) is 0 Å². The molecule has 0 fully saturated rings. The third kappa shape index (κ3) is 3.56. The number of nitrogens with zero attached hydrogens (tertiary/aromatic N) is 2. The molecule has 2 N–H and O–H groups in total. The maximum Gasteiger partial charge on any atom is 0.269 e. The van der Waals surface area contributed by atoms with Crippen LogP contribution in [-0.4, -0.2) is 33.9 Å². The smallest absolute Gasteiger partial charge is 0.269 e. The molecule has 5 nitrogen and oxygen atoms in total. The molecule has 5 heteroatoms. The van der Waals surface area contributed by atoms with E-state index >= 15 is 0 Å². The van der Waals surface area contributed by atoms with Gasteiger partial charge in [0, 0.05) is 19.7 Å². The third-order valence-corrected chi connectivity index (χ3v) is 2.54. The molecule has 0 radical (unpaired) electrons. The van der Waals surface area contributed by atoms with Gasteiger partial charge in [-0.3, -0.25) is 9.48 Å². The van der Waals surface area contributed by atoms with Crippen LogP contribution in [0, 0.1) is 0 Å². The molecule has 96 valence electrons. The van der Waals surface area contributed by atoms with Crippen LogP contribution in [-0.2, 0) is 6.54 Å². The molecule has 1 aromatic heterocycles. The van der Waals surface area contributed by atoms with Crippen LogP contribution in [0.4, 0.5) is 0 Å². The topological polar surface area (TPSA) is 67.2 Å². The summed E-state index contributed by atoms with van der Waals surface area (Å²) >= 11 is 0. The number of hydrogen-bond donors (Lipinski definition) is 2. The summed E-state index contributed by atoms with van der Waals surface area (Å²) in [6.45, 7) is 7.31. The molecule has 0 bridgehead atoms. The lowest BCUT2D eigenvalue weighted by molar-refractivity contribution is 0.0940. The second-order valence-corrected chi connectivity index (χ2v) is 4.26. The predicted molar refractivity (Wildman–Crippen MR) is 66.0 cm³/mol. The maximum atomic E-state index is 11.9. The molecule has 0 unspecified atom stereocenters. The molecule has 1 rings (SSSR count). The van der Waals surface area contributed by atoms with Crippen molar-refractivity contribution in [3.63, 3.8) is 0 Å². The number of aromatic nitrogens is 2. The van der Waals surface area contributed by atoms with Crippen LogP contribution in [0.3, 0.4) is 0 Å². The molecular formula is C12H21N3O2. The van der Waals surface area contributed by atoms with Gasteiger partial charge in [0.25, 0.3) is 5.91 Å². The molecule has 0 atom stereocenters. The monoisotopic (exact) mass is 239 g/mol. The summed E-state index contributed by atoms with van der Waals surface area (Å²) in [5.74, 6) is 0.187. The SMILES string of the molecule is CCn1nc(C(C)C)cc1C(=O)NCCCO. The highest BCUT2D eigenvalue weighted by molar-refractivity contribution is 5.92. The van der Waals surface area contributed by atoms with Crippen molar-refractivity contribution in [2.45, 2.75) is 39.7 Å². The Kier molecular flexibility index (Phi) is 5.15. The van der Waals surface area contributed by atoms with Crippen molar-refractivity contribution in [1.29, 1.82) is 0 Å². The Balaban J connectivity index is 2.77. The minimum Gasteiger partial charge on any atom is -0.396 e. The number of carbonyl (C=O) groups is 1. The van der Waals surface area contributed by atoms with Gasteiger partial charge < -0.3 is 10.4 Å². The van der Waals surface area contributed by atoms with E-state index in [0.717, 1.165) is 5.69 Å². The first-order chi connectivity index (χ1) is 8.10. The number of amides is 1. The standard InChI is InChI=1S/C12H21N3O2/c1-4-15-11(8-10(14-15)9(2)3)12(17)13-6-5-7-16/h8-9,16H,4-7H2,1-3H3,(H,13,17). The first-order valence-corrected chi connectivity index (χ1v) is 6.07. The summed E-state index contributed by atoms with van der Waals surface area (Å²) in [5.41, 5.74) is 1.52. The number of aliphatic hydroxyl groups is 1. The zero-order chi connectivity index (χ0) is 12.8. The third-order valence-electron chi connectivity index (χ3n) is 2.54. The normalized spacial score (nSPS) is 10.9. The van der Waals surface area contributed by atoms with Gasteiger partial charge in [-0.15, -0.1) is 0 Å². The van der Waals surface area contributed by atoms with E-state index in [1.165, 1.54) is 0 Å². The summed E-state index contributed by atoms with van der Waals surface area (Å²) < 4.78 is 1.71. The molecule has 0 aliphatic heterocycles. The van der Waals surface area contributed by atoms with Gasteiger partial charge in [0.1, 0.15) is 5.69 Å². The minimum absolute atomic E-state index is 0.0879. The molecule has 0 aliphatic rings. The van der Waals surface area contributed by atoms with Gasteiger partial charge in [-0.05, 0) is 25.3 Å². The number of carbonyl (C=O) groups excluding carboxylic acids is 1. The Bertz CT molecular complexity index is 372. The summed E-state index contributed by atoms with van der Waals surface area (Å²) in [4.78, 5) is 11.9. The molecule has 1 aromatic rings. The Labute approximate surface area is 102 Å². The van der Waals surface area contributed by atoms with Crippen LogP contribution < -0.4 is 5.32 Å². The van der Waals surface area contributed by atoms with Crippen LogP contribution in [0.25, 0.3) is 0 Å². The Morgan fingerprint density at radius 1 is 1.59 bits per heavy atom. The van der Waals surface area contributed by atoms with E-state index in [4.69, 9.17) is 5.11 Å². The van der Waals surface area contributed by atoms with Crippen molar-refractivity contribution in [2.75, 3.05) is 13.2 Å². The van der Waals surface area contributed by atoms with Crippen molar-refractivity contribution in [3.8, 4) is 0 Å². The van der Waals surface area contributed by atoms with Crippen LogP contribution in [0.1, 0.15) is 49.3 Å². The molecule has 1 amide bonds. The first kappa shape index (κ1) is 13.7. The van der Waals surface area contributed by atoms with Gasteiger partial charge in [0.15, 0.2) is 0 Å². The average molecular weight is 239 g/mol. The van der Waals surface area contributed by atoms with E-state index < -0.39 is 0 Å². The van der Waals surface area contributed by atoms with E-state index in [-0.39, 0.29) is 12.5 Å². The lowest BCUT2D eigenvalue weighted by atomic mass is 10.1. The molecule has 17 heavy (non-hydrogen) atoms. The fourth-order valence-corrected chi connectivity index (χ4v) is 1.51. The van der Waals surface area contributed by atoms with E-state index in [9.17, 15) is 4.79 Å². The fourth-order valence-electron chi connectivity index (χ4n) is 1.51. The predicted octanol–water partition coefficient (Wildman–Crippen LogP) is 1.14. The summed E-state index contributed by atoms with van der Waals surface area (Å²) in [6.07, 6.45) is 0.572. The van der Waals surface area contributed by atoms with Gasteiger partial charge in [-0.1, -0.05) is 13.8 Å². The van der Waals surface area contributed by atoms with Gasteiger partial charge >= 0.3 is 0 Å². The number of aliphatic hydroxyl groups excluding tert-OH is 1. The lowest BCUT2D eigenvalue weighted by Crippen LogP contribution is -2.27. The highest BCUT2D eigenvalue weighted by atomic mass is 16.3. The van der Waals surface area contributed by atoms with Crippen molar-refractivity contribution in [3.05, 3.63) is 17.5 Å². The Hall–Kier alpha value is -1.36. The number of aryl methyl sites for hydroxylation is 1. The molecule has 0 saturated carbocycles. The van der Waals surface area contributed by atoms with Crippen molar-refractivity contribution < 1.29 is 9.90 Å². The highest BCUT2D eigenvalue weighted by Gasteiger charge is 2.15. The largest absolute Gasteiger partial charge is 0.396 e. The molecular weight excluding hydrogens is 218 g/mol. The van der Waals surface area contributed by atoms with Crippen molar-refractivity contribution in [2.24, 2.45) is 0 Å².